The lowest BCUT2D eigenvalue weighted by Crippen LogP contribution is -2.18. The molecule has 1 aromatic rings. The van der Waals surface area contributed by atoms with Crippen LogP contribution in [0.5, 0.6) is 11.5 Å². The van der Waals surface area contributed by atoms with Gasteiger partial charge < -0.3 is 14.6 Å². The molecule has 1 aromatic carbocycles. The Morgan fingerprint density at radius 2 is 1.79 bits per heavy atom. The van der Waals surface area contributed by atoms with E-state index < -0.39 is 5.97 Å². The maximum Gasteiger partial charge on any atom is 0.342 e. The molecule has 1 N–H and O–H groups in total. The Kier molecular flexibility index (Phi) is 6.64. The summed E-state index contributed by atoms with van der Waals surface area (Å²) in [7, 11) is 1.47. The smallest absolute Gasteiger partial charge is 0.342 e. The third kappa shape index (κ3) is 4.98. The average Bonchev–Trinajstić information content (AvgIpc) is 2.52. The van der Waals surface area contributed by atoms with Crippen LogP contribution >= 0.6 is 0 Å². The highest BCUT2D eigenvalue weighted by molar-refractivity contribution is 5.94. The summed E-state index contributed by atoms with van der Waals surface area (Å²) >= 11 is 0. The van der Waals surface area contributed by atoms with E-state index in [0.717, 1.165) is 31.2 Å². The van der Waals surface area contributed by atoms with E-state index in [1.54, 1.807) is 6.07 Å². The molecule has 0 spiro atoms. The number of aromatic hydroxyl groups is 1. The quantitative estimate of drug-likeness (QED) is 0.791. The third-order valence-corrected chi connectivity index (χ3v) is 4.37. The molecule has 0 amide bonds. The first-order valence-corrected chi connectivity index (χ1v) is 8.64. The van der Waals surface area contributed by atoms with Gasteiger partial charge in [-0.05, 0) is 50.7 Å². The molecule has 0 radical (unpaired) electrons. The van der Waals surface area contributed by atoms with Crippen LogP contribution in [0.15, 0.2) is 12.1 Å². The van der Waals surface area contributed by atoms with Gasteiger partial charge >= 0.3 is 5.97 Å². The molecule has 5 nitrogen and oxygen atoms in total. The van der Waals surface area contributed by atoms with Crippen LogP contribution in [0.3, 0.4) is 0 Å². The largest absolute Gasteiger partial charge is 0.508 e. The fourth-order valence-electron chi connectivity index (χ4n) is 3.07. The number of hydrogen-bond acceptors (Lipinski definition) is 5. The number of methoxy groups -OCH3 is 1. The SMILES string of the molecule is COc1cc(O)cc2c1C(=O)O[C@H](C)CCCC(=O)CCCCC2. The molecule has 0 aromatic heterocycles. The standard InChI is InChI=1S/C19H26O5/c1-13-7-6-10-15(20)9-5-3-4-8-14-11-16(21)12-17(23-2)18(14)19(22)24-13/h11-13,21H,3-10H2,1-2H3/t13-/m1/s1. The number of carbonyl (C=O) groups excluding carboxylic acids is 2. The molecule has 0 saturated carbocycles. The Morgan fingerprint density at radius 3 is 2.54 bits per heavy atom. The highest BCUT2D eigenvalue weighted by Crippen LogP contribution is 2.31. The molecule has 24 heavy (non-hydrogen) atoms. The number of Topliss-reactive ketones (excluding diaryl/α,β-unsaturated/α-hetero) is 1. The predicted molar refractivity (Wildman–Crippen MR) is 90.6 cm³/mol. The molecule has 1 aliphatic heterocycles. The number of fused-ring (bicyclic) bond motifs is 1. The minimum absolute atomic E-state index is 0.0720. The first kappa shape index (κ1) is 18.3. The van der Waals surface area contributed by atoms with Crippen LogP contribution in [0.2, 0.25) is 0 Å². The van der Waals surface area contributed by atoms with Gasteiger partial charge in [-0.15, -0.1) is 0 Å². The van der Waals surface area contributed by atoms with Gasteiger partial charge in [-0.2, -0.15) is 0 Å². The Hall–Kier alpha value is -2.04. The highest BCUT2D eigenvalue weighted by atomic mass is 16.5. The van der Waals surface area contributed by atoms with Crippen LogP contribution in [-0.4, -0.2) is 30.1 Å². The van der Waals surface area contributed by atoms with E-state index in [1.807, 2.05) is 6.92 Å². The van der Waals surface area contributed by atoms with Gasteiger partial charge in [0.15, 0.2) is 0 Å². The Balaban J connectivity index is 2.28. The van der Waals surface area contributed by atoms with Crippen molar-refractivity contribution in [2.75, 3.05) is 7.11 Å². The number of esters is 1. The van der Waals surface area contributed by atoms with Crippen molar-refractivity contribution < 1.29 is 24.2 Å². The number of ether oxygens (including phenoxy) is 2. The fraction of sp³-hybridized carbons (Fsp3) is 0.579. The van der Waals surface area contributed by atoms with Crippen LogP contribution in [0.25, 0.3) is 0 Å². The van der Waals surface area contributed by atoms with E-state index in [0.29, 0.717) is 37.0 Å². The normalized spacial score (nSPS) is 20.7. The number of rotatable bonds is 1. The first-order chi connectivity index (χ1) is 11.5. The maximum atomic E-state index is 12.6. The minimum atomic E-state index is -0.433. The fourth-order valence-corrected chi connectivity index (χ4v) is 3.07. The van der Waals surface area contributed by atoms with Gasteiger partial charge in [-0.3, -0.25) is 4.79 Å². The van der Waals surface area contributed by atoms with E-state index in [9.17, 15) is 14.7 Å². The molecule has 1 aliphatic rings. The van der Waals surface area contributed by atoms with Crippen LogP contribution in [0, 0.1) is 0 Å². The summed E-state index contributed by atoms with van der Waals surface area (Å²) in [6.45, 7) is 1.83. The van der Waals surface area contributed by atoms with Crippen molar-refractivity contribution in [2.24, 2.45) is 0 Å². The molecule has 0 aliphatic carbocycles. The second-order valence-corrected chi connectivity index (χ2v) is 6.39. The summed E-state index contributed by atoms with van der Waals surface area (Å²) < 4.78 is 10.8. The molecule has 1 heterocycles. The van der Waals surface area contributed by atoms with Gasteiger partial charge in [-0.25, -0.2) is 4.79 Å². The highest BCUT2D eigenvalue weighted by Gasteiger charge is 2.22. The Labute approximate surface area is 143 Å². The number of cyclic esters (lactones) is 1. The number of hydrogen-bond donors (Lipinski definition) is 1. The van der Waals surface area contributed by atoms with E-state index >= 15 is 0 Å². The number of benzene rings is 1. The predicted octanol–water partition coefficient (Wildman–Crippen LogP) is 3.80. The van der Waals surface area contributed by atoms with Gasteiger partial charge in [0, 0.05) is 18.9 Å². The second-order valence-electron chi connectivity index (χ2n) is 6.39. The van der Waals surface area contributed by atoms with Crippen molar-refractivity contribution in [1.82, 2.24) is 0 Å². The summed E-state index contributed by atoms with van der Waals surface area (Å²) in [5, 5.41) is 9.87. The molecule has 0 fully saturated rings. The van der Waals surface area contributed by atoms with Crippen molar-refractivity contribution in [1.29, 1.82) is 0 Å². The van der Waals surface area contributed by atoms with Gasteiger partial charge in [0.25, 0.3) is 0 Å². The van der Waals surface area contributed by atoms with Gasteiger partial charge in [-0.1, -0.05) is 6.42 Å². The molecule has 0 saturated heterocycles. The Bertz CT molecular complexity index is 594. The molecule has 132 valence electrons. The van der Waals surface area contributed by atoms with Crippen LogP contribution in [0.1, 0.15) is 67.8 Å². The molecule has 5 heteroatoms. The van der Waals surface area contributed by atoms with Crippen molar-refractivity contribution in [3.05, 3.63) is 23.3 Å². The lowest BCUT2D eigenvalue weighted by molar-refractivity contribution is -0.119. The third-order valence-electron chi connectivity index (χ3n) is 4.37. The van der Waals surface area contributed by atoms with Crippen molar-refractivity contribution in [3.63, 3.8) is 0 Å². The molecular weight excluding hydrogens is 308 g/mol. The van der Waals surface area contributed by atoms with Crippen LogP contribution < -0.4 is 4.74 Å². The summed E-state index contributed by atoms with van der Waals surface area (Å²) in [6.07, 6.45) is 5.55. The average molecular weight is 334 g/mol. The van der Waals surface area contributed by atoms with Gasteiger partial charge in [0.05, 0.1) is 13.2 Å². The van der Waals surface area contributed by atoms with Crippen molar-refractivity contribution in [2.45, 2.75) is 64.4 Å². The number of phenolic OH excluding ortho intramolecular Hbond substituents is 1. The molecule has 2 rings (SSSR count). The summed E-state index contributed by atoms with van der Waals surface area (Å²) in [5.41, 5.74) is 1.13. The lowest BCUT2D eigenvalue weighted by Gasteiger charge is -2.18. The van der Waals surface area contributed by atoms with Gasteiger partial charge in [0.1, 0.15) is 22.8 Å². The van der Waals surface area contributed by atoms with Crippen LogP contribution in [0.4, 0.5) is 0 Å². The number of phenols is 1. The van der Waals surface area contributed by atoms with E-state index in [1.165, 1.54) is 13.2 Å². The number of carbonyl (C=O) groups is 2. The molecule has 0 bridgehead atoms. The second kappa shape index (κ2) is 8.71. The molecular formula is C19H26O5. The topological polar surface area (TPSA) is 72.8 Å². The van der Waals surface area contributed by atoms with E-state index in [2.05, 4.69) is 0 Å². The van der Waals surface area contributed by atoms with Crippen LogP contribution in [-0.2, 0) is 16.0 Å². The summed E-state index contributed by atoms with van der Waals surface area (Å²) in [4.78, 5) is 24.4. The lowest BCUT2D eigenvalue weighted by atomic mass is 9.98. The van der Waals surface area contributed by atoms with Crippen molar-refractivity contribution >= 4 is 11.8 Å². The number of ketones is 1. The van der Waals surface area contributed by atoms with Gasteiger partial charge in [0.2, 0.25) is 0 Å². The zero-order chi connectivity index (χ0) is 17.5. The summed E-state index contributed by atoms with van der Waals surface area (Å²) in [6, 6.07) is 3.04. The zero-order valence-corrected chi connectivity index (χ0v) is 14.5. The maximum absolute atomic E-state index is 12.6. The Morgan fingerprint density at radius 1 is 1.08 bits per heavy atom. The number of aryl methyl sites for hydroxylation is 1. The molecule has 1 atom stereocenters. The monoisotopic (exact) mass is 334 g/mol. The zero-order valence-electron chi connectivity index (χ0n) is 14.5. The molecule has 0 unspecified atom stereocenters. The van der Waals surface area contributed by atoms with Crippen molar-refractivity contribution in [3.8, 4) is 11.5 Å². The summed E-state index contributed by atoms with van der Waals surface area (Å²) in [5.74, 6) is 0.259. The van der Waals surface area contributed by atoms with E-state index in [4.69, 9.17) is 9.47 Å². The van der Waals surface area contributed by atoms with E-state index in [-0.39, 0.29) is 17.6 Å². The first-order valence-electron chi connectivity index (χ1n) is 8.64. The minimum Gasteiger partial charge on any atom is -0.508 e.